The first-order valence-corrected chi connectivity index (χ1v) is 8.12. The topological polar surface area (TPSA) is 32.3 Å². The Bertz CT molecular complexity index is 470. The Hall–Kier alpha value is -0.870. The molecule has 0 radical (unpaired) electrons. The highest BCUT2D eigenvalue weighted by atomic mass is 79.9. The van der Waals surface area contributed by atoms with Crippen LogP contribution in [-0.2, 0) is 4.79 Å². The molecule has 1 N–H and O–H groups in total. The van der Waals surface area contributed by atoms with Crippen molar-refractivity contribution in [3.8, 4) is 0 Å². The number of likely N-dealkylation sites (N-methyl/N-ethyl adjacent to an activating group) is 1. The number of halogens is 1. The quantitative estimate of drug-likeness (QED) is 0.901. The largest absolute Gasteiger partial charge is 0.325 e. The van der Waals surface area contributed by atoms with Gasteiger partial charge in [-0.3, -0.25) is 9.69 Å². The molecule has 1 amide bonds. The Kier molecular flexibility index (Phi) is 5.61. The fraction of sp³-hybridized carbons (Fsp3) is 0.562. The van der Waals surface area contributed by atoms with Crippen molar-refractivity contribution in [3.05, 3.63) is 28.2 Å². The molecule has 1 saturated carbocycles. The van der Waals surface area contributed by atoms with Gasteiger partial charge in [-0.15, -0.1) is 0 Å². The predicted molar refractivity (Wildman–Crippen MR) is 87.0 cm³/mol. The number of nitrogens with zero attached hydrogens (tertiary/aromatic N) is 1. The summed E-state index contributed by atoms with van der Waals surface area (Å²) in [6, 6.07) is 6.48. The fourth-order valence-corrected chi connectivity index (χ4v) is 3.31. The van der Waals surface area contributed by atoms with E-state index in [1.54, 1.807) is 0 Å². The predicted octanol–water partition coefficient (Wildman–Crippen LogP) is 3.96. The molecule has 0 atom stereocenters. The maximum atomic E-state index is 12.1. The van der Waals surface area contributed by atoms with E-state index < -0.39 is 0 Å². The van der Waals surface area contributed by atoms with Crippen LogP contribution >= 0.6 is 15.9 Å². The lowest BCUT2D eigenvalue weighted by molar-refractivity contribution is -0.117. The van der Waals surface area contributed by atoms with Crippen molar-refractivity contribution in [3.63, 3.8) is 0 Å². The monoisotopic (exact) mass is 338 g/mol. The van der Waals surface area contributed by atoms with Crippen LogP contribution in [0.25, 0.3) is 0 Å². The smallest absolute Gasteiger partial charge is 0.238 e. The van der Waals surface area contributed by atoms with Crippen LogP contribution < -0.4 is 5.32 Å². The number of anilines is 1. The van der Waals surface area contributed by atoms with Crippen LogP contribution in [0.5, 0.6) is 0 Å². The van der Waals surface area contributed by atoms with Gasteiger partial charge in [-0.25, -0.2) is 0 Å². The average Bonchev–Trinajstić information content (AvgIpc) is 2.43. The molecule has 2 rings (SSSR count). The molecule has 0 saturated heterocycles. The van der Waals surface area contributed by atoms with Crippen molar-refractivity contribution in [1.29, 1.82) is 0 Å². The molecule has 0 unspecified atom stereocenters. The molecule has 0 aromatic heterocycles. The SMILES string of the molecule is Cc1cc(Br)ccc1NC(=O)CN(C)C1CCCCC1. The number of hydrogen-bond donors (Lipinski definition) is 1. The number of nitrogens with one attached hydrogen (secondary N) is 1. The Labute approximate surface area is 129 Å². The summed E-state index contributed by atoms with van der Waals surface area (Å²) in [6.07, 6.45) is 6.38. The highest BCUT2D eigenvalue weighted by Crippen LogP contribution is 2.22. The van der Waals surface area contributed by atoms with E-state index in [4.69, 9.17) is 0 Å². The number of amides is 1. The summed E-state index contributed by atoms with van der Waals surface area (Å²) >= 11 is 3.43. The normalized spacial score (nSPS) is 16.4. The summed E-state index contributed by atoms with van der Waals surface area (Å²) in [4.78, 5) is 14.3. The van der Waals surface area contributed by atoms with Crippen LogP contribution in [0.4, 0.5) is 5.69 Å². The standard InChI is InChI=1S/C16H23BrN2O/c1-12-10-13(17)8-9-15(12)18-16(20)11-19(2)14-6-4-3-5-7-14/h8-10,14H,3-7,11H2,1-2H3,(H,18,20). The van der Waals surface area contributed by atoms with Gasteiger partial charge in [-0.1, -0.05) is 35.2 Å². The molecule has 0 bridgehead atoms. The molecule has 0 spiro atoms. The lowest BCUT2D eigenvalue weighted by Crippen LogP contribution is -2.39. The van der Waals surface area contributed by atoms with Crippen LogP contribution in [0.15, 0.2) is 22.7 Å². The Morgan fingerprint density at radius 2 is 2.05 bits per heavy atom. The van der Waals surface area contributed by atoms with E-state index >= 15 is 0 Å². The van der Waals surface area contributed by atoms with Crippen molar-refractivity contribution < 1.29 is 4.79 Å². The van der Waals surface area contributed by atoms with E-state index in [0.717, 1.165) is 15.7 Å². The maximum absolute atomic E-state index is 12.1. The second-order valence-electron chi connectivity index (χ2n) is 5.71. The molecular weight excluding hydrogens is 316 g/mol. The lowest BCUT2D eigenvalue weighted by Gasteiger charge is -2.30. The summed E-state index contributed by atoms with van der Waals surface area (Å²) < 4.78 is 1.03. The van der Waals surface area contributed by atoms with Gasteiger partial charge in [0.1, 0.15) is 0 Å². The first-order chi connectivity index (χ1) is 9.56. The first-order valence-electron chi connectivity index (χ1n) is 7.32. The molecule has 1 aliphatic carbocycles. The van der Waals surface area contributed by atoms with Crippen molar-refractivity contribution in [1.82, 2.24) is 4.90 Å². The summed E-state index contributed by atoms with van der Waals surface area (Å²) in [7, 11) is 2.06. The average molecular weight is 339 g/mol. The van der Waals surface area contributed by atoms with Crippen molar-refractivity contribution >= 4 is 27.5 Å². The number of rotatable bonds is 4. The summed E-state index contributed by atoms with van der Waals surface area (Å²) in [6.45, 7) is 2.48. The van der Waals surface area contributed by atoms with E-state index in [1.165, 1.54) is 32.1 Å². The highest BCUT2D eigenvalue weighted by molar-refractivity contribution is 9.10. The van der Waals surface area contributed by atoms with Gasteiger partial charge in [0.2, 0.25) is 5.91 Å². The van der Waals surface area contributed by atoms with Gasteiger partial charge in [-0.05, 0) is 50.6 Å². The third-order valence-corrected chi connectivity index (χ3v) is 4.55. The summed E-state index contributed by atoms with van der Waals surface area (Å²) in [5.74, 6) is 0.0727. The maximum Gasteiger partial charge on any atom is 0.238 e. The first kappa shape index (κ1) is 15.5. The van der Waals surface area contributed by atoms with Gasteiger partial charge in [0.05, 0.1) is 6.54 Å². The minimum absolute atomic E-state index is 0.0727. The number of benzene rings is 1. The molecule has 110 valence electrons. The van der Waals surface area contributed by atoms with Crippen molar-refractivity contribution in [2.45, 2.75) is 45.1 Å². The van der Waals surface area contributed by atoms with Crippen molar-refractivity contribution in [2.24, 2.45) is 0 Å². The third-order valence-electron chi connectivity index (χ3n) is 4.05. The van der Waals surface area contributed by atoms with Gasteiger partial charge < -0.3 is 5.32 Å². The van der Waals surface area contributed by atoms with Crippen LogP contribution in [-0.4, -0.2) is 30.4 Å². The number of carbonyl (C=O) groups excluding carboxylic acids is 1. The lowest BCUT2D eigenvalue weighted by atomic mass is 9.94. The van der Waals surface area contributed by atoms with Gasteiger partial charge in [0.25, 0.3) is 0 Å². The number of carbonyl (C=O) groups is 1. The Balaban J connectivity index is 1.88. The zero-order valence-corrected chi connectivity index (χ0v) is 13.9. The second kappa shape index (κ2) is 7.23. The van der Waals surface area contributed by atoms with E-state index in [0.29, 0.717) is 12.6 Å². The molecule has 20 heavy (non-hydrogen) atoms. The van der Waals surface area contributed by atoms with Gasteiger partial charge in [0.15, 0.2) is 0 Å². The third kappa shape index (κ3) is 4.32. The van der Waals surface area contributed by atoms with Gasteiger partial charge >= 0.3 is 0 Å². The van der Waals surface area contributed by atoms with E-state index in [2.05, 4.69) is 33.2 Å². The van der Waals surface area contributed by atoms with E-state index in [9.17, 15) is 4.79 Å². The molecule has 4 heteroatoms. The van der Waals surface area contributed by atoms with Crippen LogP contribution in [0, 0.1) is 6.92 Å². The molecular formula is C16H23BrN2O. The van der Waals surface area contributed by atoms with Crippen LogP contribution in [0.1, 0.15) is 37.7 Å². The number of aryl methyl sites for hydroxylation is 1. The molecule has 3 nitrogen and oxygen atoms in total. The van der Waals surface area contributed by atoms with E-state index in [1.807, 2.05) is 25.1 Å². The second-order valence-corrected chi connectivity index (χ2v) is 6.63. The fourth-order valence-electron chi connectivity index (χ4n) is 2.83. The van der Waals surface area contributed by atoms with Crippen molar-refractivity contribution in [2.75, 3.05) is 18.9 Å². The zero-order chi connectivity index (χ0) is 14.5. The summed E-state index contributed by atoms with van der Waals surface area (Å²) in [5.41, 5.74) is 1.98. The highest BCUT2D eigenvalue weighted by Gasteiger charge is 2.19. The van der Waals surface area contributed by atoms with E-state index in [-0.39, 0.29) is 5.91 Å². The molecule has 1 aliphatic rings. The molecule has 1 fully saturated rings. The van der Waals surface area contributed by atoms with Crippen LogP contribution in [0.3, 0.4) is 0 Å². The zero-order valence-electron chi connectivity index (χ0n) is 12.3. The Morgan fingerprint density at radius 1 is 1.35 bits per heavy atom. The van der Waals surface area contributed by atoms with Crippen LogP contribution in [0.2, 0.25) is 0 Å². The Morgan fingerprint density at radius 3 is 2.70 bits per heavy atom. The molecule has 1 aromatic carbocycles. The van der Waals surface area contributed by atoms with Gasteiger partial charge in [-0.2, -0.15) is 0 Å². The molecule has 0 heterocycles. The van der Waals surface area contributed by atoms with Gasteiger partial charge in [0, 0.05) is 16.2 Å². The summed E-state index contributed by atoms with van der Waals surface area (Å²) in [5, 5.41) is 3.01. The molecule has 0 aliphatic heterocycles. The molecule has 1 aromatic rings. The number of hydrogen-bond acceptors (Lipinski definition) is 2. The minimum atomic E-state index is 0.0727. The minimum Gasteiger partial charge on any atom is -0.325 e.